The molecule has 0 aliphatic heterocycles. The highest BCUT2D eigenvalue weighted by molar-refractivity contribution is 6.00. The smallest absolute Gasteiger partial charge is 0.0313 e. The molecular weight excluding hydrogens is 348 g/mol. The molecule has 0 radical (unpaired) electrons. The Morgan fingerprint density at radius 1 is 1.03 bits per heavy atom. The Labute approximate surface area is 175 Å². The molecule has 0 bridgehead atoms. The molecule has 0 fully saturated rings. The Morgan fingerprint density at radius 2 is 1.86 bits per heavy atom. The third-order valence-corrected chi connectivity index (χ3v) is 7.25. The fourth-order valence-corrected chi connectivity index (χ4v) is 5.68. The Hall–Kier alpha value is -2.60. The summed E-state index contributed by atoms with van der Waals surface area (Å²) in [7, 11) is 0. The van der Waals surface area contributed by atoms with Gasteiger partial charge in [0.1, 0.15) is 0 Å². The summed E-state index contributed by atoms with van der Waals surface area (Å²) in [5, 5.41) is 2.69. The maximum atomic E-state index is 2.57. The van der Waals surface area contributed by atoms with Crippen molar-refractivity contribution in [1.82, 2.24) is 0 Å². The minimum atomic E-state index is 0.392. The third-order valence-electron chi connectivity index (χ3n) is 7.25. The summed E-state index contributed by atoms with van der Waals surface area (Å²) >= 11 is 0. The molecule has 0 amide bonds. The van der Waals surface area contributed by atoms with Crippen molar-refractivity contribution < 1.29 is 0 Å². The SMILES string of the molecule is CC=C(C)C1=Cc2c(ccc3ccccc23)C2=CC(C)C3=C(C(C)C=CCC3)C12. The van der Waals surface area contributed by atoms with E-state index in [1.807, 2.05) is 0 Å². The fourth-order valence-electron chi connectivity index (χ4n) is 5.68. The second-order valence-corrected chi connectivity index (χ2v) is 8.90. The van der Waals surface area contributed by atoms with E-state index < -0.39 is 0 Å². The maximum absolute atomic E-state index is 2.57. The van der Waals surface area contributed by atoms with E-state index >= 15 is 0 Å². The topological polar surface area (TPSA) is 0 Å². The predicted octanol–water partition coefficient (Wildman–Crippen LogP) is 8.14. The lowest BCUT2D eigenvalue weighted by Crippen LogP contribution is -2.25. The van der Waals surface area contributed by atoms with Crippen LogP contribution in [-0.2, 0) is 0 Å². The van der Waals surface area contributed by atoms with Crippen molar-refractivity contribution in [2.45, 2.75) is 40.5 Å². The van der Waals surface area contributed by atoms with Crippen LogP contribution in [0.25, 0.3) is 22.4 Å². The normalized spacial score (nSPS) is 26.3. The molecule has 146 valence electrons. The molecule has 2 aromatic carbocycles. The standard InChI is InChI=1S/C29H30/c1-5-18(2)25-17-26-23-13-9-7-11-21(23)14-15-24(26)27-16-20(4)22-12-8-6-10-19(3)28(22)29(25)27/h5-7,9-11,13-17,19-20,29H,8,12H2,1-4H3. The van der Waals surface area contributed by atoms with Gasteiger partial charge in [-0.3, -0.25) is 0 Å². The first kappa shape index (κ1) is 18.4. The van der Waals surface area contributed by atoms with Gasteiger partial charge in [-0.1, -0.05) is 91.3 Å². The Kier molecular flexibility index (Phi) is 4.46. The zero-order chi connectivity index (χ0) is 20.1. The molecule has 2 aromatic rings. The summed E-state index contributed by atoms with van der Waals surface area (Å²) in [6, 6.07) is 13.5. The zero-order valence-electron chi connectivity index (χ0n) is 18.0. The van der Waals surface area contributed by atoms with E-state index in [0.717, 1.165) is 0 Å². The van der Waals surface area contributed by atoms with Crippen LogP contribution >= 0.6 is 0 Å². The number of fused-ring (bicyclic) bond motifs is 6. The highest BCUT2D eigenvalue weighted by atomic mass is 14.4. The summed E-state index contributed by atoms with van der Waals surface area (Å²) in [6.07, 6.45) is 14.6. The van der Waals surface area contributed by atoms with Crippen molar-refractivity contribution >= 4 is 22.4 Å². The van der Waals surface area contributed by atoms with E-state index in [9.17, 15) is 0 Å². The molecule has 3 unspecified atom stereocenters. The lowest BCUT2D eigenvalue weighted by atomic mass is 9.64. The number of allylic oxidation sites excluding steroid dienone is 9. The van der Waals surface area contributed by atoms with Gasteiger partial charge in [0.2, 0.25) is 0 Å². The van der Waals surface area contributed by atoms with Crippen LogP contribution in [0.4, 0.5) is 0 Å². The summed E-state index contributed by atoms with van der Waals surface area (Å²) in [4.78, 5) is 0. The van der Waals surface area contributed by atoms with Gasteiger partial charge in [-0.05, 0) is 77.6 Å². The Morgan fingerprint density at radius 3 is 2.69 bits per heavy atom. The molecule has 0 aromatic heterocycles. The minimum absolute atomic E-state index is 0.392. The molecule has 29 heavy (non-hydrogen) atoms. The fraction of sp³-hybridized carbons (Fsp3) is 0.310. The van der Waals surface area contributed by atoms with E-state index in [-0.39, 0.29) is 0 Å². The van der Waals surface area contributed by atoms with Gasteiger partial charge >= 0.3 is 0 Å². The molecule has 0 nitrogen and oxygen atoms in total. The van der Waals surface area contributed by atoms with Gasteiger partial charge in [-0.2, -0.15) is 0 Å². The van der Waals surface area contributed by atoms with Crippen molar-refractivity contribution in [3.05, 3.63) is 94.1 Å². The monoisotopic (exact) mass is 378 g/mol. The number of benzene rings is 2. The van der Waals surface area contributed by atoms with Crippen LogP contribution in [0.2, 0.25) is 0 Å². The van der Waals surface area contributed by atoms with Crippen molar-refractivity contribution in [2.24, 2.45) is 17.8 Å². The highest BCUT2D eigenvalue weighted by Crippen LogP contribution is 2.53. The molecule has 3 atom stereocenters. The second kappa shape index (κ2) is 7.02. The van der Waals surface area contributed by atoms with Gasteiger partial charge in [-0.25, -0.2) is 0 Å². The lowest BCUT2D eigenvalue weighted by molar-refractivity contribution is 0.658. The predicted molar refractivity (Wildman–Crippen MR) is 127 cm³/mol. The molecule has 3 aliphatic rings. The van der Waals surface area contributed by atoms with E-state index in [2.05, 4.69) is 94.5 Å². The highest BCUT2D eigenvalue weighted by Gasteiger charge is 2.37. The zero-order valence-corrected chi connectivity index (χ0v) is 18.0. The van der Waals surface area contributed by atoms with Crippen molar-refractivity contribution in [3.8, 4) is 0 Å². The quantitative estimate of drug-likeness (QED) is 0.439. The van der Waals surface area contributed by atoms with Gasteiger partial charge in [0.15, 0.2) is 0 Å². The summed E-state index contributed by atoms with van der Waals surface area (Å²) in [6.45, 7) is 9.26. The Bertz CT molecular complexity index is 1150. The number of rotatable bonds is 1. The molecule has 3 aliphatic carbocycles. The second-order valence-electron chi connectivity index (χ2n) is 8.90. The number of hydrogen-bond donors (Lipinski definition) is 0. The molecule has 0 saturated heterocycles. The molecule has 0 N–H and O–H groups in total. The van der Waals surface area contributed by atoms with Crippen molar-refractivity contribution in [2.75, 3.05) is 0 Å². The van der Waals surface area contributed by atoms with Crippen LogP contribution < -0.4 is 0 Å². The Balaban J connectivity index is 1.83. The van der Waals surface area contributed by atoms with E-state index in [4.69, 9.17) is 0 Å². The number of hydrogen-bond acceptors (Lipinski definition) is 0. The molecular formula is C29H30. The average Bonchev–Trinajstić information content (AvgIpc) is 2.94. The third kappa shape index (κ3) is 2.81. The molecule has 0 spiro atoms. The summed E-state index contributed by atoms with van der Waals surface area (Å²) in [5.74, 6) is 1.41. The summed E-state index contributed by atoms with van der Waals surface area (Å²) < 4.78 is 0. The van der Waals surface area contributed by atoms with Crippen LogP contribution in [0.1, 0.15) is 51.7 Å². The van der Waals surface area contributed by atoms with Gasteiger partial charge in [0.25, 0.3) is 0 Å². The lowest BCUT2D eigenvalue weighted by Gasteiger charge is -2.40. The average molecular weight is 379 g/mol. The molecule has 5 rings (SSSR count). The van der Waals surface area contributed by atoms with E-state index in [1.54, 1.807) is 11.1 Å². The largest absolute Gasteiger partial charge is 0.0876 e. The van der Waals surface area contributed by atoms with Gasteiger partial charge in [0.05, 0.1) is 0 Å². The first-order chi connectivity index (χ1) is 14.1. The maximum Gasteiger partial charge on any atom is 0.0313 e. The minimum Gasteiger partial charge on any atom is -0.0876 e. The first-order valence-corrected chi connectivity index (χ1v) is 11.1. The van der Waals surface area contributed by atoms with Gasteiger partial charge in [0, 0.05) is 5.92 Å². The van der Waals surface area contributed by atoms with Gasteiger partial charge < -0.3 is 0 Å². The molecule has 0 heterocycles. The van der Waals surface area contributed by atoms with Crippen LogP contribution in [0.5, 0.6) is 0 Å². The first-order valence-electron chi connectivity index (χ1n) is 11.1. The molecule has 0 saturated carbocycles. The van der Waals surface area contributed by atoms with Crippen molar-refractivity contribution in [3.63, 3.8) is 0 Å². The summed E-state index contributed by atoms with van der Waals surface area (Å²) in [5.41, 5.74) is 10.6. The van der Waals surface area contributed by atoms with Crippen LogP contribution in [0.15, 0.2) is 83.0 Å². The van der Waals surface area contributed by atoms with Crippen LogP contribution in [0, 0.1) is 17.8 Å². The van der Waals surface area contributed by atoms with E-state index in [1.165, 1.54) is 51.5 Å². The molecule has 0 heteroatoms. The van der Waals surface area contributed by atoms with Crippen LogP contribution in [0.3, 0.4) is 0 Å². The van der Waals surface area contributed by atoms with Gasteiger partial charge in [-0.15, -0.1) is 0 Å². The van der Waals surface area contributed by atoms with Crippen LogP contribution in [-0.4, -0.2) is 0 Å². The van der Waals surface area contributed by atoms with Crippen molar-refractivity contribution in [1.29, 1.82) is 0 Å². The van der Waals surface area contributed by atoms with E-state index in [0.29, 0.717) is 17.8 Å².